The van der Waals surface area contributed by atoms with Gasteiger partial charge >= 0.3 is 0 Å². The van der Waals surface area contributed by atoms with Crippen molar-refractivity contribution in [1.29, 1.82) is 0 Å². The van der Waals surface area contributed by atoms with Crippen LogP contribution in [0.2, 0.25) is 0 Å². The first-order chi connectivity index (χ1) is 8.75. The number of nitrogens with one attached hydrogen (secondary N) is 1. The molecule has 1 N–H and O–H groups in total. The summed E-state index contributed by atoms with van der Waals surface area (Å²) < 4.78 is 5.90. The van der Waals surface area contributed by atoms with Crippen LogP contribution in [0.15, 0.2) is 18.2 Å². The van der Waals surface area contributed by atoms with E-state index in [1.165, 1.54) is 17.5 Å². The summed E-state index contributed by atoms with van der Waals surface area (Å²) in [6.07, 6.45) is 2.21. The quantitative estimate of drug-likeness (QED) is 0.829. The van der Waals surface area contributed by atoms with E-state index in [-0.39, 0.29) is 5.60 Å². The lowest BCUT2D eigenvalue weighted by Crippen LogP contribution is -2.24. The molecule has 1 aliphatic heterocycles. The van der Waals surface area contributed by atoms with Gasteiger partial charge in [-0.05, 0) is 49.4 Å². The zero-order chi connectivity index (χ0) is 14.1. The highest BCUT2D eigenvalue weighted by molar-refractivity contribution is 5.41. The van der Waals surface area contributed by atoms with Crippen molar-refractivity contribution >= 4 is 0 Å². The van der Waals surface area contributed by atoms with E-state index in [1.807, 2.05) is 0 Å². The summed E-state index contributed by atoms with van der Waals surface area (Å²) in [7, 11) is 0. The zero-order valence-corrected chi connectivity index (χ0v) is 13.0. The first-order valence-electron chi connectivity index (χ1n) is 7.27. The van der Waals surface area contributed by atoms with E-state index in [0.29, 0.717) is 5.41 Å². The predicted molar refractivity (Wildman–Crippen MR) is 80.6 cm³/mol. The van der Waals surface area contributed by atoms with Crippen LogP contribution >= 0.6 is 0 Å². The fraction of sp³-hybridized carbons (Fsp3) is 0.647. The van der Waals surface area contributed by atoms with Crippen LogP contribution in [0.1, 0.15) is 52.2 Å². The Hall–Kier alpha value is -1.02. The number of hydrogen-bond acceptors (Lipinski definition) is 2. The number of hydrogen-bond donors (Lipinski definition) is 1. The molecule has 1 aromatic rings. The minimum absolute atomic E-state index is 0.0411. The molecule has 19 heavy (non-hydrogen) atoms. The summed E-state index contributed by atoms with van der Waals surface area (Å²) in [4.78, 5) is 0. The summed E-state index contributed by atoms with van der Waals surface area (Å²) >= 11 is 0. The first kappa shape index (κ1) is 14.4. The fourth-order valence-electron chi connectivity index (χ4n) is 2.47. The summed E-state index contributed by atoms with van der Waals surface area (Å²) in [5.74, 6) is 1.06. The van der Waals surface area contributed by atoms with Crippen molar-refractivity contribution in [1.82, 2.24) is 5.32 Å². The molecule has 1 heterocycles. The Morgan fingerprint density at radius 1 is 1.26 bits per heavy atom. The second-order valence-corrected chi connectivity index (χ2v) is 7.47. The molecule has 0 unspecified atom stereocenters. The van der Waals surface area contributed by atoms with Crippen molar-refractivity contribution in [2.45, 2.75) is 59.6 Å². The molecule has 0 aliphatic carbocycles. The zero-order valence-electron chi connectivity index (χ0n) is 13.0. The Balaban J connectivity index is 1.87. The Morgan fingerprint density at radius 3 is 2.68 bits per heavy atom. The SMILES string of the molecule is CC(C)(C)CCNCc1ccc2c(c1)CC(C)(C)O2. The van der Waals surface area contributed by atoms with E-state index < -0.39 is 0 Å². The maximum Gasteiger partial charge on any atom is 0.123 e. The highest BCUT2D eigenvalue weighted by atomic mass is 16.5. The van der Waals surface area contributed by atoms with Crippen LogP contribution in [0.4, 0.5) is 0 Å². The third-order valence-corrected chi connectivity index (χ3v) is 3.51. The van der Waals surface area contributed by atoms with Crippen molar-refractivity contribution in [3.8, 4) is 5.75 Å². The second-order valence-electron chi connectivity index (χ2n) is 7.47. The van der Waals surface area contributed by atoms with Gasteiger partial charge < -0.3 is 10.1 Å². The summed E-state index contributed by atoms with van der Waals surface area (Å²) in [6, 6.07) is 6.57. The van der Waals surface area contributed by atoms with Crippen molar-refractivity contribution in [2.24, 2.45) is 5.41 Å². The largest absolute Gasteiger partial charge is 0.487 e. The van der Waals surface area contributed by atoms with E-state index in [9.17, 15) is 0 Å². The Bertz CT molecular complexity index is 443. The van der Waals surface area contributed by atoms with Gasteiger partial charge in [0.05, 0.1) is 0 Å². The normalized spacial score (nSPS) is 17.1. The third kappa shape index (κ3) is 4.24. The van der Waals surface area contributed by atoms with Crippen LogP contribution in [-0.2, 0) is 13.0 Å². The summed E-state index contributed by atoms with van der Waals surface area (Å²) in [5, 5.41) is 3.53. The van der Waals surface area contributed by atoms with Crippen molar-refractivity contribution in [3.05, 3.63) is 29.3 Å². The molecular formula is C17H27NO. The van der Waals surface area contributed by atoms with Gasteiger partial charge in [0.15, 0.2) is 0 Å². The minimum Gasteiger partial charge on any atom is -0.487 e. The molecule has 0 fully saturated rings. The molecule has 1 aromatic carbocycles. The molecule has 1 aliphatic rings. The van der Waals surface area contributed by atoms with Gasteiger partial charge in [-0.25, -0.2) is 0 Å². The molecule has 0 amide bonds. The van der Waals surface area contributed by atoms with Crippen LogP contribution in [0.3, 0.4) is 0 Å². The standard InChI is InChI=1S/C17H27NO/c1-16(2,3)8-9-18-12-13-6-7-15-14(10-13)11-17(4,5)19-15/h6-7,10,18H,8-9,11-12H2,1-5H3. The predicted octanol–water partition coefficient (Wildman–Crippen LogP) is 3.93. The van der Waals surface area contributed by atoms with E-state index in [0.717, 1.165) is 25.3 Å². The summed E-state index contributed by atoms with van der Waals surface area (Å²) in [5.41, 5.74) is 3.07. The number of ether oxygens (including phenoxy) is 1. The average Bonchev–Trinajstić information content (AvgIpc) is 2.56. The molecule has 0 saturated heterocycles. The lowest BCUT2D eigenvalue weighted by Gasteiger charge is -2.18. The van der Waals surface area contributed by atoms with Crippen molar-refractivity contribution in [3.63, 3.8) is 0 Å². The second kappa shape index (κ2) is 5.16. The van der Waals surface area contributed by atoms with Crippen LogP contribution in [-0.4, -0.2) is 12.1 Å². The molecule has 2 nitrogen and oxygen atoms in total. The number of fused-ring (bicyclic) bond motifs is 1. The highest BCUT2D eigenvalue weighted by Gasteiger charge is 2.29. The Kier molecular flexibility index (Phi) is 3.91. The van der Waals surface area contributed by atoms with Gasteiger partial charge in [-0.15, -0.1) is 0 Å². The molecule has 0 atom stereocenters. The number of rotatable bonds is 4. The molecule has 2 heteroatoms. The van der Waals surface area contributed by atoms with Gasteiger partial charge in [0.1, 0.15) is 11.4 Å². The van der Waals surface area contributed by atoms with Crippen LogP contribution < -0.4 is 10.1 Å². The maximum atomic E-state index is 5.90. The fourth-order valence-corrected chi connectivity index (χ4v) is 2.47. The molecule has 0 spiro atoms. The molecular weight excluding hydrogens is 234 g/mol. The Morgan fingerprint density at radius 2 is 2.00 bits per heavy atom. The number of benzene rings is 1. The maximum absolute atomic E-state index is 5.90. The van der Waals surface area contributed by atoms with Gasteiger partial charge in [-0.1, -0.05) is 32.9 Å². The van der Waals surface area contributed by atoms with Crippen molar-refractivity contribution in [2.75, 3.05) is 6.54 Å². The van der Waals surface area contributed by atoms with Gasteiger partial charge in [0.25, 0.3) is 0 Å². The van der Waals surface area contributed by atoms with Crippen LogP contribution in [0.5, 0.6) is 5.75 Å². The van der Waals surface area contributed by atoms with E-state index in [1.54, 1.807) is 0 Å². The van der Waals surface area contributed by atoms with Gasteiger partial charge in [-0.3, -0.25) is 0 Å². The summed E-state index contributed by atoms with van der Waals surface area (Å²) in [6.45, 7) is 13.2. The molecule has 0 aromatic heterocycles. The van der Waals surface area contributed by atoms with Crippen LogP contribution in [0.25, 0.3) is 0 Å². The third-order valence-electron chi connectivity index (χ3n) is 3.51. The van der Waals surface area contributed by atoms with Gasteiger partial charge in [0, 0.05) is 13.0 Å². The molecule has 0 saturated carbocycles. The molecule has 106 valence electrons. The van der Waals surface area contributed by atoms with Gasteiger partial charge in [-0.2, -0.15) is 0 Å². The first-order valence-corrected chi connectivity index (χ1v) is 7.27. The van der Waals surface area contributed by atoms with Crippen LogP contribution in [0, 0.1) is 5.41 Å². The van der Waals surface area contributed by atoms with E-state index in [4.69, 9.17) is 4.74 Å². The molecule has 0 bridgehead atoms. The lowest BCUT2D eigenvalue weighted by molar-refractivity contribution is 0.138. The van der Waals surface area contributed by atoms with Gasteiger partial charge in [0.2, 0.25) is 0 Å². The minimum atomic E-state index is -0.0411. The highest BCUT2D eigenvalue weighted by Crippen LogP contribution is 2.35. The monoisotopic (exact) mass is 261 g/mol. The smallest absolute Gasteiger partial charge is 0.123 e. The molecule has 0 radical (unpaired) electrons. The average molecular weight is 261 g/mol. The lowest BCUT2D eigenvalue weighted by atomic mass is 9.92. The van der Waals surface area contributed by atoms with Crippen molar-refractivity contribution < 1.29 is 4.74 Å². The van der Waals surface area contributed by atoms with E-state index in [2.05, 4.69) is 58.1 Å². The van der Waals surface area contributed by atoms with E-state index >= 15 is 0 Å². The topological polar surface area (TPSA) is 21.3 Å². The Labute approximate surface area is 117 Å². The molecule has 2 rings (SSSR count).